The van der Waals surface area contributed by atoms with E-state index >= 15 is 0 Å². The van der Waals surface area contributed by atoms with Crippen molar-refractivity contribution in [1.29, 1.82) is 0 Å². The van der Waals surface area contributed by atoms with Crippen LogP contribution in [-0.2, 0) is 22.7 Å². The molecule has 1 unspecified atom stereocenters. The molecular weight excluding hydrogens is 470 g/mol. The number of benzene rings is 2. The summed E-state index contributed by atoms with van der Waals surface area (Å²) in [6, 6.07) is 14.6. The number of carbonyl (C=O) groups is 3. The van der Waals surface area contributed by atoms with Gasteiger partial charge in [-0.2, -0.15) is 0 Å². The summed E-state index contributed by atoms with van der Waals surface area (Å²) < 4.78 is 5.21. The predicted octanol–water partition coefficient (Wildman–Crippen LogP) is 2.99. The zero-order chi connectivity index (χ0) is 26.7. The molecule has 2 aliphatic rings. The molecule has 0 bridgehead atoms. The number of nitrogens with one attached hydrogen (secondary N) is 1. The molecule has 0 aliphatic carbocycles. The molecule has 2 aromatic carbocycles. The molecule has 2 aromatic rings. The summed E-state index contributed by atoms with van der Waals surface area (Å²) in [5.74, 6) is 0.495. The first-order chi connectivity index (χ1) is 17.7. The highest BCUT2D eigenvalue weighted by Crippen LogP contribution is 2.31. The lowest BCUT2D eigenvalue weighted by atomic mass is 9.92. The zero-order valence-corrected chi connectivity index (χ0v) is 22.3. The number of carbonyl (C=O) groups excluding carboxylic acids is 3. The van der Waals surface area contributed by atoms with E-state index in [1.807, 2.05) is 69.3 Å². The second kappa shape index (κ2) is 11.2. The number of hydrogen-bond acceptors (Lipinski definition) is 5. The van der Waals surface area contributed by atoms with Gasteiger partial charge in [0, 0.05) is 20.1 Å². The van der Waals surface area contributed by atoms with Gasteiger partial charge in [-0.15, -0.1) is 0 Å². The highest BCUT2D eigenvalue weighted by Gasteiger charge is 2.51. The summed E-state index contributed by atoms with van der Waals surface area (Å²) in [6.45, 7) is 7.08. The number of amides is 4. The molecule has 2 fully saturated rings. The normalized spacial score (nSPS) is 21.1. The van der Waals surface area contributed by atoms with Gasteiger partial charge in [-0.05, 0) is 41.7 Å². The SMILES string of the molecule is CCC(C)[C@H]1C(=O)N(Cc2ccccc2C)C[C@H]2N1C(=O)CN(C)N2C(=O)NCc1ccc(OC)cc1. The highest BCUT2D eigenvalue weighted by atomic mass is 16.5. The lowest BCUT2D eigenvalue weighted by molar-refractivity contribution is -0.190. The molecule has 2 heterocycles. The van der Waals surface area contributed by atoms with Crippen LogP contribution in [0, 0.1) is 12.8 Å². The van der Waals surface area contributed by atoms with Gasteiger partial charge in [0.2, 0.25) is 11.8 Å². The van der Waals surface area contributed by atoms with Crippen molar-refractivity contribution >= 4 is 17.8 Å². The first-order valence-electron chi connectivity index (χ1n) is 12.8. The third-order valence-corrected chi connectivity index (χ3v) is 7.49. The molecule has 2 aliphatic heterocycles. The number of aryl methyl sites for hydroxylation is 1. The van der Waals surface area contributed by atoms with E-state index in [4.69, 9.17) is 4.74 Å². The lowest BCUT2D eigenvalue weighted by Gasteiger charge is -2.55. The van der Waals surface area contributed by atoms with Crippen molar-refractivity contribution < 1.29 is 19.1 Å². The summed E-state index contributed by atoms with van der Waals surface area (Å²) in [5, 5.41) is 6.24. The van der Waals surface area contributed by atoms with Crippen LogP contribution in [0.15, 0.2) is 48.5 Å². The van der Waals surface area contributed by atoms with Crippen LogP contribution in [0.1, 0.15) is 37.0 Å². The fraction of sp³-hybridized carbons (Fsp3) is 0.464. The van der Waals surface area contributed by atoms with Crippen LogP contribution in [-0.4, -0.2) is 77.1 Å². The van der Waals surface area contributed by atoms with Crippen LogP contribution < -0.4 is 10.1 Å². The van der Waals surface area contributed by atoms with Crippen LogP contribution in [0.4, 0.5) is 4.79 Å². The van der Waals surface area contributed by atoms with Crippen LogP contribution in [0.2, 0.25) is 0 Å². The largest absolute Gasteiger partial charge is 0.497 e. The van der Waals surface area contributed by atoms with Gasteiger partial charge in [0.1, 0.15) is 18.0 Å². The summed E-state index contributed by atoms with van der Waals surface area (Å²) >= 11 is 0. The first kappa shape index (κ1) is 26.5. The summed E-state index contributed by atoms with van der Waals surface area (Å²) in [7, 11) is 3.35. The molecule has 9 heteroatoms. The molecular formula is C28H37N5O4. The van der Waals surface area contributed by atoms with Gasteiger partial charge in [-0.3, -0.25) is 9.59 Å². The van der Waals surface area contributed by atoms with E-state index < -0.39 is 12.2 Å². The summed E-state index contributed by atoms with van der Waals surface area (Å²) in [6.07, 6.45) is 0.146. The zero-order valence-electron chi connectivity index (χ0n) is 22.3. The number of hydrazine groups is 1. The lowest BCUT2D eigenvalue weighted by Crippen LogP contribution is -2.76. The monoisotopic (exact) mass is 507 g/mol. The van der Waals surface area contributed by atoms with Crippen molar-refractivity contribution in [3.8, 4) is 5.75 Å². The number of likely N-dealkylation sites (N-methyl/N-ethyl adjacent to an activating group) is 1. The molecule has 0 spiro atoms. The summed E-state index contributed by atoms with van der Waals surface area (Å²) in [5.41, 5.74) is 3.08. The third-order valence-electron chi connectivity index (χ3n) is 7.49. The van der Waals surface area contributed by atoms with Gasteiger partial charge in [0.05, 0.1) is 20.2 Å². The number of methoxy groups -OCH3 is 1. The van der Waals surface area contributed by atoms with Crippen molar-refractivity contribution in [2.75, 3.05) is 27.2 Å². The van der Waals surface area contributed by atoms with E-state index in [0.29, 0.717) is 13.1 Å². The minimum absolute atomic E-state index is 0.0322. The average molecular weight is 508 g/mol. The van der Waals surface area contributed by atoms with E-state index in [2.05, 4.69) is 5.32 Å². The highest BCUT2D eigenvalue weighted by molar-refractivity contribution is 5.91. The molecule has 37 heavy (non-hydrogen) atoms. The molecule has 0 saturated carbocycles. The molecule has 0 radical (unpaired) electrons. The number of hydrogen-bond donors (Lipinski definition) is 1. The Bertz CT molecular complexity index is 1140. The van der Waals surface area contributed by atoms with Gasteiger partial charge in [-0.25, -0.2) is 14.8 Å². The van der Waals surface area contributed by atoms with Crippen molar-refractivity contribution in [3.63, 3.8) is 0 Å². The first-order valence-corrected chi connectivity index (χ1v) is 12.8. The number of fused-ring (bicyclic) bond motifs is 1. The second-order valence-corrected chi connectivity index (χ2v) is 9.92. The number of rotatable bonds is 7. The molecule has 1 N–H and O–H groups in total. The Balaban J connectivity index is 1.61. The van der Waals surface area contributed by atoms with Gasteiger partial charge < -0.3 is 19.9 Å². The Hall–Kier alpha value is -3.59. The third kappa shape index (κ3) is 5.41. The van der Waals surface area contributed by atoms with Crippen LogP contribution in [0.25, 0.3) is 0 Å². The summed E-state index contributed by atoms with van der Waals surface area (Å²) in [4.78, 5) is 44.0. The minimum Gasteiger partial charge on any atom is -0.497 e. The van der Waals surface area contributed by atoms with Gasteiger partial charge in [0.15, 0.2) is 0 Å². The molecule has 4 rings (SSSR count). The number of ether oxygens (including phenoxy) is 1. The van der Waals surface area contributed by atoms with Crippen LogP contribution in [0.3, 0.4) is 0 Å². The molecule has 3 atom stereocenters. The van der Waals surface area contributed by atoms with Crippen molar-refractivity contribution in [2.45, 2.75) is 52.5 Å². The Morgan fingerprint density at radius 3 is 2.49 bits per heavy atom. The maximum absolute atomic E-state index is 13.8. The maximum atomic E-state index is 13.8. The van der Waals surface area contributed by atoms with E-state index in [0.717, 1.165) is 28.9 Å². The van der Waals surface area contributed by atoms with Gasteiger partial charge in [-0.1, -0.05) is 56.7 Å². The predicted molar refractivity (Wildman–Crippen MR) is 140 cm³/mol. The van der Waals surface area contributed by atoms with Gasteiger partial charge >= 0.3 is 6.03 Å². The van der Waals surface area contributed by atoms with E-state index in [1.165, 1.54) is 0 Å². The number of nitrogens with zero attached hydrogens (tertiary/aromatic N) is 4. The standard InChI is InChI=1S/C28H37N5O4/c1-6-19(2)26-27(35)31(16-22-10-8-7-9-20(22)3)17-24-32(26)25(34)18-30(4)33(24)28(36)29-15-21-11-13-23(37-5)14-12-21/h7-14,19,24,26H,6,15-18H2,1-5H3,(H,29,36)/t19?,24-,26-/m0/s1. The topological polar surface area (TPSA) is 85.4 Å². The molecule has 198 valence electrons. The fourth-order valence-corrected chi connectivity index (χ4v) is 5.13. The van der Waals surface area contributed by atoms with Crippen molar-refractivity contribution in [3.05, 3.63) is 65.2 Å². The minimum atomic E-state index is -0.620. The Kier molecular flexibility index (Phi) is 8.02. The average Bonchev–Trinajstić information content (AvgIpc) is 2.89. The fourth-order valence-electron chi connectivity index (χ4n) is 5.13. The quantitative estimate of drug-likeness (QED) is 0.623. The maximum Gasteiger partial charge on any atom is 0.334 e. The number of urea groups is 1. The number of piperazine rings is 1. The smallest absolute Gasteiger partial charge is 0.334 e. The second-order valence-electron chi connectivity index (χ2n) is 9.92. The van der Waals surface area contributed by atoms with Crippen molar-refractivity contribution in [2.24, 2.45) is 5.92 Å². The van der Waals surface area contributed by atoms with Crippen LogP contribution in [0.5, 0.6) is 5.75 Å². The van der Waals surface area contributed by atoms with E-state index in [-0.39, 0.29) is 36.9 Å². The Morgan fingerprint density at radius 1 is 1.14 bits per heavy atom. The van der Waals surface area contributed by atoms with E-state index in [9.17, 15) is 14.4 Å². The molecule has 4 amide bonds. The van der Waals surface area contributed by atoms with Gasteiger partial charge in [0.25, 0.3) is 0 Å². The molecule has 9 nitrogen and oxygen atoms in total. The molecule has 0 aromatic heterocycles. The van der Waals surface area contributed by atoms with Crippen molar-refractivity contribution in [1.82, 2.24) is 25.1 Å². The van der Waals surface area contributed by atoms with E-state index in [1.54, 1.807) is 34.0 Å². The molecule has 2 saturated heterocycles. The Morgan fingerprint density at radius 2 is 1.84 bits per heavy atom. The van der Waals surface area contributed by atoms with Crippen LogP contribution >= 0.6 is 0 Å². The Labute approximate surface area is 218 Å².